The Labute approximate surface area is 278 Å². The number of allylic oxidation sites excluding steroid dienone is 4. The van der Waals surface area contributed by atoms with Crippen molar-refractivity contribution >= 4 is 21.7 Å². The van der Waals surface area contributed by atoms with Gasteiger partial charge in [-0.25, -0.2) is 4.57 Å². The van der Waals surface area contributed by atoms with E-state index in [1.807, 2.05) is 0 Å². The molecule has 0 saturated carbocycles. The summed E-state index contributed by atoms with van der Waals surface area (Å²) in [6.45, 7) is 26.4. The van der Waals surface area contributed by atoms with Crippen molar-refractivity contribution in [3.63, 3.8) is 0 Å². The first-order valence-electron chi connectivity index (χ1n) is 18.1. The third-order valence-corrected chi connectivity index (χ3v) is 13.2. The monoisotopic (exact) mass is 611 g/mol. The fourth-order valence-electron chi connectivity index (χ4n) is 9.30. The molecule has 0 N–H and O–H groups in total. The van der Waals surface area contributed by atoms with Gasteiger partial charge in [-0.3, -0.25) is 0 Å². The molecule has 1 spiro atoms. The Morgan fingerprint density at radius 3 is 2.17 bits per heavy atom. The Hall–Kier alpha value is -3.26. The van der Waals surface area contributed by atoms with Crippen molar-refractivity contribution in [2.45, 2.75) is 125 Å². The summed E-state index contributed by atoms with van der Waals surface area (Å²) in [6, 6.07) is 16.7. The maximum Gasteiger partial charge on any atom is 0.288 e. The predicted octanol–water partition coefficient (Wildman–Crippen LogP) is 11.5. The Bertz CT molecular complexity index is 1950. The van der Waals surface area contributed by atoms with Gasteiger partial charge in [-0.05, 0) is 105 Å². The highest BCUT2D eigenvalue weighted by molar-refractivity contribution is 6.06. The lowest BCUT2D eigenvalue weighted by Gasteiger charge is -2.41. The van der Waals surface area contributed by atoms with Gasteiger partial charge in [0.25, 0.3) is 6.33 Å². The second-order valence-corrected chi connectivity index (χ2v) is 16.8. The van der Waals surface area contributed by atoms with Crippen LogP contribution in [0, 0.1) is 17.3 Å². The van der Waals surface area contributed by atoms with E-state index in [1.54, 1.807) is 5.57 Å². The highest BCUT2D eigenvalue weighted by atomic mass is 15.1. The third-order valence-electron chi connectivity index (χ3n) is 13.2. The summed E-state index contributed by atoms with van der Waals surface area (Å²) in [5, 5.41) is 4.10. The van der Waals surface area contributed by atoms with E-state index in [9.17, 15) is 0 Å². The van der Waals surface area contributed by atoms with Crippen molar-refractivity contribution in [1.82, 2.24) is 4.98 Å². The number of nitrogens with zero attached hydrogens (tertiary/aromatic N) is 2. The van der Waals surface area contributed by atoms with Crippen LogP contribution in [0.2, 0.25) is 0 Å². The first-order chi connectivity index (χ1) is 21.7. The van der Waals surface area contributed by atoms with Crippen molar-refractivity contribution in [2.75, 3.05) is 0 Å². The minimum Gasteiger partial charge on any atom is -0.215 e. The van der Waals surface area contributed by atoms with E-state index in [4.69, 9.17) is 4.98 Å². The first-order valence-corrected chi connectivity index (χ1v) is 18.1. The molecule has 0 radical (unpaired) electrons. The summed E-state index contributed by atoms with van der Waals surface area (Å²) < 4.78 is 2.63. The molecule has 1 atom stereocenters. The fraction of sp³-hybridized carbons (Fsp3) is 0.500. The summed E-state index contributed by atoms with van der Waals surface area (Å²) >= 11 is 0. The number of rotatable bonds is 7. The molecule has 3 aromatic carbocycles. The number of fused-ring (bicyclic) bond motifs is 4. The Kier molecular flexibility index (Phi) is 7.07. The molecule has 1 aliphatic heterocycles. The Balaban J connectivity index is 1.65. The number of benzene rings is 3. The summed E-state index contributed by atoms with van der Waals surface area (Å²) in [4.78, 5) is 5.40. The summed E-state index contributed by atoms with van der Waals surface area (Å²) in [5.41, 5.74) is 12.6. The topological polar surface area (TPSA) is 16.8 Å². The highest BCUT2D eigenvalue weighted by Gasteiger charge is 2.55. The summed E-state index contributed by atoms with van der Waals surface area (Å²) in [6.07, 6.45) is 13.2. The average Bonchev–Trinajstić information content (AvgIpc) is 3.27. The van der Waals surface area contributed by atoms with Crippen molar-refractivity contribution in [3.8, 4) is 11.3 Å². The molecule has 0 fully saturated rings. The molecule has 0 saturated heterocycles. The lowest BCUT2D eigenvalue weighted by Crippen LogP contribution is -2.55. The fourth-order valence-corrected chi connectivity index (χ4v) is 9.30. The number of hydrogen-bond donors (Lipinski definition) is 0. The van der Waals surface area contributed by atoms with Gasteiger partial charge in [0.15, 0.2) is 11.1 Å². The van der Waals surface area contributed by atoms with Crippen LogP contribution in [0.15, 0.2) is 72.1 Å². The molecule has 0 amide bonds. The third kappa shape index (κ3) is 4.07. The molecule has 7 rings (SSSR count). The maximum atomic E-state index is 5.40. The molecule has 2 nitrogen and oxygen atoms in total. The van der Waals surface area contributed by atoms with E-state index in [0.717, 1.165) is 24.8 Å². The number of hydrogen-bond acceptors (Lipinski definition) is 1. The van der Waals surface area contributed by atoms with Crippen LogP contribution in [-0.2, 0) is 16.4 Å². The van der Waals surface area contributed by atoms with Crippen LogP contribution >= 0.6 is 0 Å². The van der Waals surface area contributed by atoms with Crippen molar-refractivity contribution in [2.24, 2.45) is 17.3 Å². The van der Waals surface area contributed by atoms with E-state index < -0.39 is 0 Å². The SMILES string of the molecule is CCC(CC)C1=CC2(CC(C(CC)CC)=C1)c1cc3ccccc3c3c1-c1c4c(cc(C(C)(C)C(C)(C)C)cc4nc[n+]12)C3(C)C. The maximum absolute atomic E-state index is 5.40. The van der Waals surface area contributed by atoms with Gasteiger partial charge in [-0.2, -0.15) is 0 Å². The summed E-state index contributed by atoms with van der Waals surface area (Å²) in [5.74, 6) is 1.15. The van der Waals surface area contributed by atoms with Crippen molar-refractivity contribution in [3.05, 3.63) is 94.3 Å². The Morgan fingerprint density at radius 2 is 1.52 bits per heavy atom. The number of aromatic nitrogens is 2. The van der Waals surface area contributed by atoms with E-state index in [1.165, 1.54) is 68.1 Å². The van der Waals surface area contributed by atoms with Crippen LogP contribution in [-0.4, -0.2) is 4.98 Å². The normalized spacial score (nSPS) is 19.9. The molecule has 4 aromatic rings. The zero-order valence-electron chi connectivity index (χ0n) is 30.4. The van der Waals surface area contributed by atoms with E-state index in [-0.39, 0.29) is 21.8 Å². The lowest BCUT2D eigenvalue weighted by atomic mass is 9.62. The molecule has 1 aromatic heterocycles. The quantitative estimate of drug-likeness (QED) is 0.190. The van der Waals surface area contributed by atoms with Gasteiger partial charge in [0.1, 0.15) is 5.69 Å². The van der Waals surface area contributed by atoms with Gasteiger partial charge in [0.2, 0.25) is 0 Å². The van der Waals surface area contributed by atoms with Crippen molar-refractivity contribution in [1.29, 1.82) is 0 Å². The lowest BCUT2D eigenvalue weighted by molar-refractivity contribution is -0.728. The van der Waals surface area contributed by atoms with E-state index >= 15 is 0 Å². The smallest absolute Gasteiger partial charge is 0.215 e. The second-order valence-electron chi connectivity index (χ2n) is 16.8. The second kappa shape index (κ2) is 10.4. The highest BCUT2D eigenvalue weighted by Crippen LogP contribution is 2.58. The van der Waals surface area contributed by atoms with Crippen molar-refractivity contribution < 1.29 is 4.57 Å². The Morgan fingerprint density at radius 1 is 0.848 bits per heavy atom. The van der Waals surface area contributed by atoms with Crippen LogP contribution in [0.1, 0.15) is 131 Å². The van der Waals surface area contributed by atoms with Crippen LogP contribution < -0.4 is 4.57 Å². The molecule has 2 heterocycles. The van der Waals surface area contributed by atoms with Gasteiger partial charge in [0.05, 0.1) is 5.39 Å². The van der Waals surface area contributed by atoms with E-state index in [0.29, 0.717) is 11.8 Å². The molecular weight excluding hydrogens is 556 g/mol. The molecule has 2 heteroatoms. The zero-order valence-corrected chi connectivity index (χ0v) is 30.4. The van der Waals surface area contributed by atoms with Gasteiger partial charge in [0, 0.05) is 23.0 Å². The molecule has 2 aliphatic carbocycles. The van der Waals surface area contributed by atoms with Crippen LogP contribution in [0.4, 0.5) is 0 Å². The average molecular weight is 612 g/mol. The van der Waals surface area contributed by atoms with E-state index in [2.05, 4.69) is 142 Å². The van der Waals surface area contributed by atoms with Gasteiger partial charge >= 0.3 is 0 Å². The van der Waals surface area contributed by atoms with Gasteiger partial charge < -0.3 is 0 Å². The minimum absolute atomic E-state index is 0.0155. The molecule has 3 aliphatic rings. The zero-order chi connectivity index (χ0) is 33.0. The molecular formula is C44H55N2+. The molecule has 1 unspecified atom stereocenters. The van der Waals surface area contributed by atoms with Crippen LogP contribution in [0.3, 0.4) is 0 Å². The molecule has 0 bridgehead atoms. The molecule has 240 valence electrons. The minimum atomic E-state index is -0.281. The van der Waals surface area contributed by atoms with Crippen LogP contribution in [0.25, 0.3) is 32.9 Å². The largest absolute Gasteiger partial charge is 0.288 e. The van der Waals surface area contributed by atoms with Gasteiger partial charge in [-0.1, -0.05) is 118 Å². The molecule has 46 heavy (non-hydrogen) atoms. The first kappa shape index (κ1) is 31.3. The van der Waals surface area contributed by atoms with Crippen LogP contribution in [0.5, 0.6) is 0 Å². The summed E-state index contributed by atoms with van der Waals surface area (Å²) in [7, 11) is 0. The predicted molar refractivity (Wildman–Crippen MR) is 195 cm³/mol. The van der Waals surface area contributed by atoms with Gasteiger partial charge in [-0.15, -0.1) is 0 Å². The standard InChI is InChI=1S/C44H55N2/c1-12-27(13-2)30-20-31(28(14-3)15-4)25-44(24-30)35-21-29-18-16-17-19-33(29)39-38(35)40-37-34(42(39,8)9)22-32(43(10,11)41(5,6)7)23-36(37)45-26-46(40)44/h16-24,26-28H,12-15,25H2,1-11H3/q+1.